The van der Waals surface area contributed by atoms with Gasteiger partial charge in [-0.3, -0.25) is 9.00 Å². The van der Waals surface area contributed by atoms with Gasteiger partial charge in [0.15, 0.2) is 0 Å². The van der Waals surface area contributed by atoms with Gasteiger partial charge in [0.25, 0.3) is 5.91 Å². The molecule has 5 heteroatoms. The number of carbonyl (C=O) groups excluding carboxylic acids is 1. The van der Waals surface area contributed by atoms with Gasteiger partial charge in [0.05, 0.1) is 6.61 Å². The lowest BCUT2D eigenvalue weighted by molar-refractivity contribution is 0.0953. The summed E-state index contributed by atoms with van der Waals surface area (Å²) in [5.74, 6) is 5.56. The van der Waals surface area contributed by atoms with Gasteiger partial charge in [0, 0.05) is 46.4 Å². The van der Waals surface area contributed by atoms with E-state index in [0.29, 0.717) is 18.5 Å². The Balaban J connectivity index is 2.82. The Kier molecular flexibility index (Phi) is 7.13. The third-order valence-corrected chi connectivity index (χ3v) is 4.37. The number of amides is 1. The van der Waals surface area contributed by atoms with Crippen LogP contribution in [0.25, 0.3) is 0 Å². The maximum Gasteiger partial charge on any atom is 0.251 e. The van der Waals surface area contributed by atoms with E-state index < -0.39 is 10.8 Å². The Hall–Kier alpha value is -1.64. The van der Waals surface area contributed by atoms with Crippen molar-refractivity contribution < 1.29 is 14.1 Å². The fraction of sp³-hybridized carbons (Fsp3) is 0.438. The first-order chi connectivity index (χ1) is 9.95. The Bertz CT molecular complexity index is 587. The van der Waals surface area contributed by atoms with E-state index in [4.69, 9.17) is 5.11 Å². The molecule has 2 atom stereocenters. The van der Waals surface area contributed by atoms with Crippen LogP contribution in [0.3, 0.4) is 0 Å². The van der Waals surface area contributed by atoms with Crippen LogP contribution in [0, 0.1) is 18.8 Å². The highest BCUT2D eigenvalue weighted by atomic mass is 32.2. The van der Waals surface area contributed by atoms with E-state index >= 15 is 0 Å². The van der Waals surface area contributed by atoms with E-state index in [-0.39, 0.29) is 17.8 Å². The van der Waals surface area contributed by atoms with Crippen LogP contribution < -0.4 is 5.32 Å². The number of carbonyl (C=O) groups is 1. The van der Waals surface area contributed by atoms with Crippen molar-refractivity contribution in [3.63, 3.8) is 0 Å². The van der Waals surface area contributed by atoms with Crippen LogP contribution in [0.2, 0.25) is 0 Å². The largest absolute Gasteiger partial charge is 0.395 e. The summed E-state index contributed by atoms with van der Waals surface area (Å²) in [7, 11) is -0.959. The minimum absolute atomic E-state index is 0.0260. The van der Waals surface area contributed by atoms with Crippen molar-refractivity contribution >= 4 is 16.7 Å². The molecule has 0 aliphatic heterocycles. The fourth-order valence-electron chi connectivity index (χ4n) is 1.61. The molecule has 0 bridgehead atoms. The molecule has 1 aromatic carbocycles. The lowest BCUT2D eigenvalue weighted by Crippen LogP contribution is -2.33. The third kappa shape index (κ3) is 5.70. The number of aliphatic hydroxyl groups is 1. The molecule has 1 amide bonds. The molecule has 0 radical (unpaired) electrons. The minimum atomic E-state index is -0.959. The Morgan fingerprint density at radius 3 is 2.81 bits per heavy atom. The van der Waals surface area contributed by atoms with Crippen LogP contribution in [0.4, 0.5) is 0 Å². The predicted molar refractivity (Wildman–Crippen MR) is 85.6 cm³/mol. The van der Waals surface area contributed by atoms with Crippen LogP contribution in [-0.2, 0) is 10.8 Å². The van der Waals surface area contributed by atoms with Crippen molar-refractivity contribution in [2.24, 2.45) is 0 Å². The average Bonchev–Trinajstić information content (AvgIpc) is 2.46. The van der Waals surface area contributed by atoms with E-state index in [2.05, 4.69) is 17.2 Å². The van der Waals surface area contributed by atoms with E-state index in [1.165, 1.54) is 0 Å². The van der Waals surface area contributed by atoms with Gasteiger partial charge in [0.1, 0.15) is 0 Å². The standard InChI is InChI=1S/C16H21NO3S/c1-12-7-8-14(6-4-5-9-18)10-15(12)16(19)17-11-13(2)21(3)20/h7-8,10,13,18H,5,9,11H2,1-3H3,(H,17,19). The minimum Gasteiger partial charge on any atom is -0.395 e. The zero-order valence-electron chi connectivity index (χ0n) is 12.6. The van der Waals surface area contributed by atoms with Crippen molar-refractivity contribution in [1.82, 2.24) is 5.32 Å². The summed E-state index contributed by atoms with van der Waals surface area (Å²) in [6.07, 6.45) is 2.04. The molecule has 0 saturated carbocycles. The number of rotatable bonds is 5. The SMILES string of the molecule is Cc1ccc(C#CCCO)cc1C(=O)NCC(C)S(C)=O. The monoisotopic (exact) mass is 307 g/mol. The molecule has 4 nitrogen and oxygen atoms in total. The summed E-state index contributed by atoms with van der Waals surface area (Å²) in [5, 5.41) is 11.4. The maximum atomic E-state index is 12.2. The lowest BCUT2D eigenvalue weighted by Gasteiger charge is -2.11. The average molecular weight is 307 g/mol. The molecule has 0 aliphatic rings. The second-order valence-electron chi connectivity index (χ2n) is 4.82. The highest BCUT2D eigenvalue weighted by Crippen LogP contribution is 2.11. The summed E-state index contributed by atoms with van der Waals surface area (Å²) in [4.78, 5) is 12.2. The van der Waals surface area contributed by atoms with Crippen molar-refractivity contribution in [2.45, 2.75) is 25.5 Å². The van der Waals surface area contributed by atoms with Crippen molar-refractivity contribution in [1.29, 1.82) is 0 Å². The molecule has 2 N–H and O–H groups in total. The van der Waals surface area contributed by atoms with Gasteiger partial charge in [-0.15, -0.1) is 0 Å². The zero-order chi connectivity index (χ0) is 15.8. The Morgan fingerprint density at radius 2 is 2.19 bits per heavy atom. The molecular formula is C16H21NO3S. The number of aliphatic hydroxyl groups excluding tert-OH is 1. The highest BCUT2D eigenvalue weighted by molar-refractivity contribution is 7.84. The van der Waals surface area contributed by atoms with Gasteiger partial charge >= 0.3 is 0 Å². The van der Waals surface area contributed by atoms with Gasteiger partial charge in [-0.2, -0.15) is 0 Å². The number of nitrogens with one attached hydrogen (secondary N) is 1. The molecular weight excluding hydrogens is 286 g/mol. The summed E-state index contributed by atoms with van der Waals surface area (Å²) < 4.78 is 11.3. The van der Waals surface area contributed by atoms with Crippen molar-refractivity contribution in [3.8, 4) is 11.8 Å². The first kappa shape index (κ1) is 17.4. The normalized spacial score (nSPS) is 13.0. The molecule has 0 heterocycles. The van der Waals surface area contributed by atoms with E-state index in [1.807, 2.05) is 26.0 Å². The summed E-state index contributed by atoms with van der Waals surface area (Å²) in [6.45, 7) is 4.10. The molecule has 1 rings (SSSR count). The number of hydrogen-bond donors (Lipinski definition) is 2. The van der Waals surface area contributed by atoms with Crippen LogP contribution in [0.5, 0.6) is 0 Å². The van der Waals surface area contributed by atoms with E-state index in [9.17, 15) is 9.00 Å². The molecule has 1 aromatic rings. The summed E-state index contributed by atoms with van der Waals surface area (Å²) in [6, 6.07) is 5.43. The van der Waals surface area contributed by atoms with Gasteiger partial charge in [-0.25, -0.2) is 0 Å². The molecule has 114 valence electrons. The van der Waals surface area contributed by atoms with E-state index in [1.54, 1.807) is 12.3 Å². The highest BCUT2D eigenvalue weighted by Gasteiger charge is 2.12. The smallest absolute Gasteiger partial charge is 0.251 e. The second kappa shape index (κ2) is 8.60. The van der Waals surface area contributed by atoms with Crippen LogP contribution >= 0.6 is 0 Å². The van der Waals surface area contributed by atoms with Gasteiger partial charge in [-0.1, -0.05) is 17.9 Å². The van der Waals surface area contributed by atoms with Crippen LogP contribution in [-0.4, -0.2) is 39.9 Å². The third-order valence-electron chi connectivity index (χ3n) is 3.07. The number of benzene rings is 1. The summed E-state index contributed by atoms with van der Waals surface area (Å²) >= 11 is 0. The van der Waals surface area contributed by atoms with E-state index in [0.717, 1.165) is 11.1 Å². The summed E-state index contributed by atoms with van der Waals surface area (Å²) in [5.41, 5.74) is 2.18. The van der Waals surface area contributed by atoms with Crippen molar-refractivity contribution in [2.75, 3.05) is 19.4 Å². The second-order valence-corrected chi connectivity index (χ2v) is 6.63. The topological polar surface area (TPSA) is 66.4 Å². The molecule has 0 fully saturated rings. The number of aryl methyl sites for hydroxylation is 1. The maximum absolute atomic E-state index is 12.2. The predicted octanol–water partition coefficient (Wildman–Crippen LogP) is 1.23. The zero-order valence-corrected chi connectivity index (χ0v) is 13.4. The van der Waals surface area contributed by atoms with Crippen LogP contribution in [0.15, 0.2) is 18.2 Å². The van der Waals surface area contributed by atoms with Gasteiger partial charge < -0.3 is 10.4 Å². The number of hydrogen-bond acceptors (Lipinski definition) is 3. The van der Waals surface area contributed by atoms with Crippen LogP contribution in [0.1, 0.15) is 34.8 Å². The van der Waals surface area contributed by atoms with Crippen molar-refractivity contribution in [3.05, 3.63) is 34.9 Å². The van der Waals surface area contributed by atoms with Gasteiger partial charge in [-0.05, 0) is 31.5 Å². The Morgan fingerprint density at radius 1 is 1.48 bits per heavy atom. The molecule has 0 aromatic heterocycles. The molecule has 21 heavy (non-hydrogen) atoms. The lowest BCUT2D eigenvalue weighted by atomic mass is 10.0. The molecule has 2 unspecified atom stereocenters. The first-order valence-electron chi connectivity index (χ1n) is 6.76. The molecule has 0 saturated heterocycles. The first-order valence-corrected chi connectivity index (χ1v) is 8.38. The Labute approximate surface area is 128 Å². The van der Waals surface area contributed by atoms with Gasteiger partial charge in [0.2, 0.25) is 0 Å². The quantitative estimate of drug-likeness (QED) is 0.804. The molecule has 0 aliphatic carbocycles. The molecule has 0 spiro atoms. The fourth-order valence-corrected chi connectivity index (χ4v) is 1.93.